The topological polar surface area (TPSA) is 74.0 Å². The van der Waals surface area contributed by atoms with Gasteiger partial charge in [-0.2, -0.15) is 0 Å². The predicted molar refractivity (Wildman–Crippen MR) is 87.8 cm³/mol. The minimum absolute atomic E-state index is 0.313. The van der Waals surface area contributed by atoms with Gasteiger partial charge in [-0.05, 0) is 33.3 Å². The van der Waals surface area contributed by atoms with E-state index >= 15 is 0 Å². The number of hydrogen-bond donors (Lipinski definition) is 1. The van der Waals surface area contributed by atoms with Crippen molar-refractivity contribution in [1.29, 1.82) is 0 Å². The Morgan fingerprint density at radius 3 is 2.48 bits per heavy atom. The van der Waals surface area contributed by atoms with Crippen molar-refractivity contribution < 1.29 is 19.0 Å². The van der Waals surface area contributed by atoms with Gasteiger partial charge in [0.15, 0.2) is 0 Å². The Morgan fingerprint density at radius 2 is 1.96 bits per heavy atom. The van der Waals surface area contributed by atoms with Gasteiger partial charge in [-0.1, -0.05) is 0 Å². The monoisotopic (exact) mass is 322 g/mol. The molecule has 6 heteroatoms. The van der Waals surface area contributed by atoms with Gasteiger partial charge in [0.25, 0.3) is 0 Å². The minimum Gasteiger partial charge on any atom is -0.496 e. The average Bonchev–Trinajstić information content (AvgIpc) is 2.50. The SMILES string of the molecule is COc1cc(CN)c(OC)c2c1CN(C(=O)OC(C)(C)C)CC2. The van der Waals surface area contributed by atoms with E-state index in [1.165, 1.54) is 0 Å². The zero-order valence-electron chi connectivity index (χ0n) is 14.6. The van der Waals surface area contributed by atoms with Crippen LogP contribution in [0.15, 0.2) is 6.07 Å². The van der Waals surface area contributed by atoms with Crippen molar-refractivity contribution in [2.24, 2.45) is 5.73 Å². The molecule has 128 valence electrons. The molecule has 0 fully saturated rings. The highest BCUT2D eigenvalue weighted by atomic mass is 16.6. The Labute approximate surface area is 137 Å². The number of amides is 1. The first-order chi connectivity index (χ1) is 10.8. The Hall–Kier alpha value is -1.95. The van der Waals surface area contributed by atoms with E-state index in [0.29, 0.717) is 26.1 Å². The maximum Gasteiger partial charge on any atom is 0.410 e. The summed E-state index contributed by atoms with van der Waals surface area (Å²) in [7, 11) is 3.26. The lowest BCUT2D eigenvalue weighted by atomic mass is 9.94. The first kappa shape index (κ1) is 17.4. The molecule has 1 aromatic rings. The molecule has 0 aliphatic carbocycles. The molecule has 1 aliphatic heterocycles. The Kier molecular flexibility index (Phi) is 5.04. The molecule has 0 atom stereocenters. The number of benzene rings is 1. The third-order valence-electron chi connectivity index (χ3n) is 3.81. The minimum atomic E-state index is -0.511. The fraction of sp³-hybridized carbons (Fsp3) is 0.588. The van der Waals surface area contributed by atoms with Crippen LogP contribution in [0, 0.1) is 0 Å². The van der Waals surface area contributed by atoms with Crippen LogP contribution in [-0.2, 0) is 24.2 Å². The summed E-state index contributed by atoms with van der Waals surface area (Å²) in [6, 6.07) is 1.89. The molecule has 6 nitrogen and oxygen atoms in total. The Morgan fingerprint density at radius 1 is 1.26 bits per heavy atom. The van der Waals surface area contributed by atoms with Crippen molar-refractivity contribution in [1.82, 2.24) is 4.90 Å². The molecule has 0 saturated carbocycles. The van der Waals surface area contributed by atoms with Crippen LogP contribution in [0.4, 0.5) is 4.79 Å². The van der Waals surface area contributed by atoms with Gasteiger partial charge in [0.1, 0.15) is 17.1 Å². The third kappa shape index (κ3) is 3.69. The predicted octanol–water partition coefficient (Wildman–Crippen LogP) is 2.46. The van der Waals surface area contributed by atoms with E-state index in [4.69, 9.17) is 19.9 Å². The highest BCUT2D eigenvalue weighted by molar-refractivity contribution is 5.69. The lowest BCUT2D eigenvalue weighted by Gasteiger charge is -2.33. The van der Waals surface area contributed by atoms with Gasteiger partial charge in [0.05, 0.1) is 20.8 Å². The molecule has 1 heterocycles. The standard InChI is InChI=1S/C17H26N2O4/c1-17(2,3)23-16(20)19-7-6-12-13(10-19)14(21-4)8-11(9-18)15(12)22-5/h8H,6-7,9-10,18H2,1-5H3. The molecule has 0 bridgehead atoms. The maximum atomic E-state index is 12.3. The lowest BCUT2D eigenvalue weighted by Crippen LogP contribution is -2.40. The van der Waals surface area contributed by atoms with Crippen LogP contribution >= 0.6 is 0 Å². The number of carbonyl (C=O) groups is 1. The Balaban J connectivity index is 2.35. The van der Waals surface area contributed by atoms with Crippen LogP contribution in [-0.4, -0.2) is 37.4 Å². The zero-order valence-corrected chi connectivity index (χ0v) is 14.6. The van der Waals surface area contributed by atoms with Crippen molar-refractivity contribution in [3.05, 3.63) is 22.8 Å². The maximum absolute atomic E-state index is 12.3. The number of nitrogens with zero attached hydrogens (tertiary/aromatic N) is 1. The summed E-state index contributed by atoms with van der Waals surface area (Å²) in [6.45, 7) is 6.98. The van der Waals surface area contributed by atoms with E-state index in [2.05, 4.69) is 0 Å². The number of methoxy groups -OCH3 is 2. The fourth-order valence-electron chi connectivity index (χ4n) is 2.82. The summed E-state index contributed by atoms with van der Waals surface area (Å²) < 4.78 is 16.5. The summed E-state index contributed by atoms with van der Waals surface area (Å²) in [5.74, 6) is 1.53. The number of carbonyl (C=O) groups excluding carboxylic acids is 1. The van der Waals surface area contributed by atoms with E-state index in [0.717, 1.165) is 28.2 Å². The van der Waals surface area contributed by atoms with Gasteiger partial charge in [-0.3, -0.25) is 0 Å². The van der Waals surface area contributed by atoms with Gasteiger partial charge in [0, 0.05) is 29.8 Å². The van der Waals surface area contributed by atoms with E-state index < -0.39 is 5.60 Å². The van der Waals surface area contributed by atoms with Gasteiger partial charge in [-0.25, -0.2) is 4.79 Å². The summed E-state index contributed by atoms with van der Waals surface area (Å²) in [5.41, 5.74) is 8.23. The first-order valence-corrected chi connectivity index (χ1v) is 7.74. The second-order valence-electron chi connectivity index (χ2n) is 6.58. The summed E-state index contributed by atoms with van der Waals surface area (Å²) >= 11 is 0. The molecule has 23 heavy (non-hydrogen) atoms. The Bertz CT molecular complexity index is 593. The van der Waals surface area contributed by atoms with E-state index in [-0.39, 0.29) is 6.09 Å². The molecule has 1 aliphatic rings. The molecule has 0 radical (unpaired) electrons. The quantitative estimate of drug-likeness (QED) is 0.925. The zero-order chi connectivity index (χ0) is 17.2. The van der Waals surface area contributed by atoms with Crippen molar-refractivity contribution in [2.45, 2.75) is 45.9 Å². The first-order valence-electron chi connectivity index (χ1n) is 7.74. The van der Waals surface area contributed by atoms with E-state index in [1.807, 2.05) is 26.8 Å². The van der Waals surface area contributed by atoms with Crippen LogP contribution in [0.2, 0.25) is 0 Å². The molecular formula is C17H26N2O4. The summed E-state index contributed by atoms with van der Waals surface area (Å²) in [4.78, 5) is 14.0. The molecule has 0 spiro atoms. The molecule has 1 amide bonds. The fourth-order valence-corrected chi connectivity index (χ4v) is 2.82. The van der Waals surface area contributed by atoms with Crippen molar-refractivity contribution in [2.75, 3.05) is 20.8 Å². The lowest BCUT2D eigenvalue weighted by molar-refractivity contribution is 0.0221. The average molecular weight is 322 g/mol. The van der Waals surface area contributed by atoms with E-state index in [1.54, 1.807) is 19.1 Å². The highest BCUT2D eigenvalue weighted by Crippen LogP contribution is 2.38. The molecular weight excluding hydrogens is 296 g/mol. The van der Waals surface area contributed by atoms with Crippen molar-refractivity contribution in [3.63, 3.8) is 0 Å². The van der Waals surface area contributed by atoms with Crippen molar-refractivity contribution in [3.8, 4) is 11.5 Å². The van der Waals surface area contributed by atoms with Crippen LogP contribution in [0.5, 0.6) is 11.5 Å². The van der Waals surface area contributed by atoms with Crippen LogP contribution in [0.25, 0.3) is 0 Å². The van der Waals surface area contributed by atoms with Crippen molar-refractivity contribution >= 4 is 6.09 Å². The molecule has 0 aromatic heterocycles. The smallest absolute Gasteiger partial charge is 0.410 e. The van der Waals surface area contributed by atoms with Gasteiger partial charge < -0.3 is 24.8 Å². The number of hydrogen-bond acceptors (Lipinski definition) is 5. The number of ether oxygens (including phenoxy) is 3. The number of fused-ring (bicyclic) bond motifs is 1. The van der Waals surface area contributed by atoms with Gasteiger partial charge >= 0.3 is 6.09 Å². The molecule has 2 rings (SSSR count). The third-order valence-corrected chi connectivity index (χ3v) is 3.81. The van der Waals surface area contributed by atoms with Crippen LogP contribution in [0.3, 0.4) is 0 Å². The molecule has 2 N–H and O–H groups in total. The number of rotatable bonds is 3. The van der Waals surface area contributed by atoms with Gasteiger partial charge in [0.2, 0.25) is 0 Å². The van der Waals surface area contributed by atoms with Gasteiger partial charge in [-0.15, -0.1) is 0 Å². The molecule has 0 saturated heterocycles. The van der Waals surface area contributed by atoms with Crippen LogP contribution in [0.1, 0.15) is 37.5 Å². The highest BCUT2D eigenvalue weighted by Gasteiger charge is 2.30. The second kappa shape index (κ2) is 6.66. The normalized spacial score (nSPS) is 14.3. The number of nitrogens with two attached hydrogens (primary N) is 1. The molecule has 1 aromatic carbocycles. The van der Waals surface area contributed by atoms with Crippen LogP contribution < -0.4 is 15.2 Å². The van der Waals surface area contributed by atoms with E-state index in [9.17, 15) is 4.79 Å². The summed E-state index contributed by atoms with van der Waals surface area (Å²) in [6.07, 6.45) is 0.370. The summed E-state index contributed by atoms with van der Waals surface area (Å²) in [5, 5.41) is 0. The second-order valence-corrected chi connectivity index (χ2v) is 6.58. The molecule has 0 unspecified atom stereocenters. The largest absolute Gasteiger partial charge is 0.496 e.